The van der Waals surface area contributed by atoms with Crippen LogP contribution in [0.2, 0.25) is 0 Å². The fourth-order valence-corrected chi connectivity index (χ4v) is 6.01. The zero-order valence-electron chi connectivity index (χ0n) is 24.6. The van der Waals surface area contributed by atoms with Gasteiger partial charge in [0.15, 0.2) is 0 Å². The Balaban J connectivity index is 1.45. The topological polar surface area (TPSA) is 110 Å². The molecule has 0 saturated carbocycles. The summed E-state index contributed by atoms with van der Waals surface area (Å²) in [5, 5.41) is 15.8. The molecule has 1 atom stereocenters. The molecule has 0 bridgehead atoms. The fraction of sp³-hybridized carbons (Fsp3) is 0.375. The van der Waals surface area contributed by atoms with E-state index in [9.17, 15) is 9.90 Å². The highest BCUT2D eigenvalue weighted by Crippen LogP contribution is 2.43. The number of amides is 1. The number of hydrogen-bond acceptors (Lipinski definition) is 9. The number of thiazole rings is 1. The third-order valence-electron chi connectivity index (χ3n) is 7.16. The number of carbonyl (C=O) groups excluding carboxylic acids is 1. The van der Waals surface area contributed by atoms with E-state index in [1.54, 1.807) is 18.2 Å². The van der Waals surface area contributed by atoms with Crippen molar-refractivity contribution < 1.29 is 19.4 Å². The van der Waals surface area contributed by atoms with Crippen molar-refractivity contribution >= 4 is 23.4 Å². The Morgan fingerprint density at radius 2 is 1.74 bits per heavy atom. The molecule has 0 spiro atoms. The van der Waals surface area contributed by atoms with Gasteiger partial charge >= 0.3 is 6.09 Å². The second-order valence-corrected chi connectivity index (χ2v) is 12.5. The van der Waals surface area contributed by atoms with Crippen molar-refractivity contribution in [3.05, 3.63) is 77.4 Å². The number of nitrogens with zero attached hydrogens (tertiary/aromatic N) is 4. The molecule has 0 radical (unpaired) electrons. The standard InChI is InChI=1S/C32H37N5O4S/c1-21(22-9-7-6-8-10-22)34-29-33-18-15-25(35-29)27-26(23-11-13-24(40-5)14-12-23)36-28(42-27)32(39)16-19-37(20-17-32)30(38)41-31(2,3)4/h6-15,18,21,39H,16-17,19-20H2,1-5H3,(H,33,34,35). The van der Waals surface area contributed by atoms with Gasteiger partial charge in [-0.25, -0.2) is 19.7 Å². The third-order valence-corrected chi connectivity index (χ3v) is 8.44. The maximum Gasteiger partial charge on any atom is 0.410 e. The van der Waals surface area contributed by atoms with Gasteiger partial charge in [-0.3, -0.25) is 0 Å². The number of aromatic nitrogens is 3. The van der Waals surface area contributed by atoms with Crippen LogP contribution in [0.25, 0.3) is 21.8 Å². The largest absolute Gasteiger partial charge is 0.497 e. The first-order valence-corrected chi connectivity index (χ1v) is 14.9. The lowest BCUT2D eigenvalue weighted by Crippen LogP contribution is -2.46. The van der Waals surface area contributed by atoms with Gasteiger partial charge in [0.25, 0.3) is 0 Å². The van der Waals surface area contributed by atoms with Crippen LogP contribution >= 0.6 is 11.3 Å². The summed E-state index contributed by atoms with van der Waals surface area (Å²) in [6.07, 6.45) is 2.07. The molecule has 0 aliphatic carbocycles. The Morgan fingerprint density at radius 3 is 2.38 bits per heavy atom. The molecule has 2 aromatic carbocycles. The van der Waals surface area contributed by atoms with Crippen LogP contribution in [0.1, 0.15) is 57.1 Å². The lowest BCUT2D eigenvalue weighted by molar-refractivity contribution is -0.0356. The minimum atomic E-state index is -1.18. The molecule has 1 aliphatic rings. The predicted molar refractivity (Wildman–Crippen MR) is 165 cm³/mol. The third kappa shape index (κ3) is 6.71. The normalized spacial score (nSPS) is 15.6. The molecule has 1 fully saturated rings. The molecular weight excluding hydrogens is 550 g/mol. The molecule has 4 aromatic rings. The van der Waals surface area contributed by atoms with Crippen LogP contribution in [-0.2, 0) is 10.3 Å². The van der Waals surface area contributed by atoms with E-state index in [1.807, 2.05) is 69.3 Å². The highest BCUT2D eigenvalue weighted by atomic mass is 32.1. The molecule has 10 heteroatoms. The quantitative estimate of drug-likeness (QED) is 0.247. The summed E-state index contributed by atoms with van der Waals surface area (Å²) in [4.78, 5) is 29.4. The summed E-state index contributed by atoms with van der Waals surface area (Å²) >= 11 is 1.42. The van der Waals surface area contributed by atoms with Gasteiger partial charge < -0.3 is 24.8 Å². The van der Waals surface area contributed by atoms with E-state index in [1.165, 1.54) is 11.3 Å². The average molecular weight is 588 g/mol. The fourth-order valence-electron chi connectivity index (χ4n) is 4.81. The van der Waals surface area contributed by atoms with Crippen LogP contribution in [0.4, 0.5) is 10.7 Å². The van der Waals surface area contributed by atoms with E-state index in [0.29, 0.717) is 42.6 Å². The number of ether oxygens (including phenoxy) is 2. The maximum absolute atomic E-state index is 12.6. The molecule has 1 aliphatic heterocycles. The maximum atomic E-state index is 12.6. The molecule has 9 nitrogen and oxygen atoms in total. The first kappa shape index (κ1) is 29.5. The second-order valence-electron chi connectivity index (χ2n) is 11.5. The van der Waals surface area contributed by atoms with Crippen LogP contribution in [0.5, 0.6) is 5.75 Å². The Hall–Kier alpha value is -4.02. The zero-order chi connectivity index (χ0) is 29.9. The molecule has 1 unspecified atom stereocenters. The Kier molecular flexibility index (Phi) is 8.47. The molecule has 42 heavy (non-hydrogen) atoms. The van der Waals surface area contributed by atoms with Gasteiger partial charge in [-0.05, 0) is 63.6 Å². The van der Waals surface area contributed by atoms with E-state index in [0.717, 1.165) is 27.4 Å². The summed E-state index contributed by atoms with van der Waals surface area (Å²) < 4.78 is 10.9. The molecule has 1 saturated heterocycles. The zero-order valence-corrected chi connectivity index (χ0v) is 25.4. The van der Waals surface area contributed by atoms with Crippen LogP contribution in [0.15, 0.2) is 66.9 Å². The Bertz CT molecular complexity index is 1510. The van der Waals surface area contributed by atoms with Crippen molar-refractivity contribution in [1.29, 1.82) is 0 Å². The van der Waals surface area contributed by atoms with Gasteiger partial charge in [0.05, 0.1) is 29.4 Å². The number of benzene rings is 2. The van der Waals surface area contributed by atoms with E-state index >= 15 is 0 Å². The van der Waals surface area contributed by atoms with Gasteiger partial charge in [0, 0.05) is 37.7 Å². The van der Waals surface area contributed by atoms with Crippen molar-refractivity contribution in [2.45, 2.75) is 57.8 Å². The van der Waals surface area contributed by atoms with E-state index in [-0.39, 0.29) is 12.1 Å². The van der Waals surface area contributed by atoms with Gasteiger partial charge in [0.2, 0.25) is 5.95 Å². The van der Waals surface area contributed by atoms with Gasteiger partial charge in [-0.2, -0.15) is 0 Å². The molecule has 2 N–H and O–H groups in total. The average Bonchev–Trinajstić information content (AvgIpc) is 3.44. The van der Waals surface area contributed by atoms with Gasteiger partial charge in [0.1, 0.15) is 22.0 Å². The first-order chi connectivity index (χ1) is 20.0. The highest BCUT2D eigenvalue weighted by Gasteiger charge is 2.40. The summed E-state index contributed by atoms with van der Waals surface area (Å²) in [6, 6.07) is 19.7. The summed E-state index contributed by atoms with van der Waals surface area (Å²) in [5.41, 5.74) is 1.68. The number of methoxy groups -OCH3 is 1. The van der Waals surface area contributed by atoms with Crippen LogP contribution in [0, 0.1) is 0 Å². The van der Waals surface area contributed by atoms with Gasteiger partial charge in [-0.1, -0.05) is 30.3 Å². The molecule has 2 aromatic heterocycles. The highest BCUT2D eigenvalue weighted by molar-refractivity contribution is 7.15. The van der Waals surface area contributed by atoms with E-state index in [4.69, 9.17) is 19.4 Å². The molecule has 220 valence electrons. The van der Waals surface area contributed by atoms with Crippen molar-refractivity contribution in [3.63, 3.8) is 0 Å². The summed E-state index contributed by atoms with van der Waals surface area (Å²) in [6.45, 7) is 8.35. The monoisotopic (exact) mass is 587 g/mol. The summed E-state index contributed by atoms with van der Waals surface area (Å²) in [5.74, 6) is 1.25. The number of piperidine rings is 1. The molecule has 3 heterocycles. The number of anilines is 1. The predicted octanol–water partition coefficient (Wildman–Crippen LogP) is 6.67. The first-order valence-electron chi connectivity index (χ1n) is 14.1. The number of likely N-dealkylation sites (tertiary alicyclic amines) is 1. The van der Waals surface area contributed by atoms with Crippen molar-refractivity contribution in [2.24, 2.45) is 0 Å². The second kappa shape index (κ2) is 12.1. The molecule has 5 rings (SSSR count). The van der Waals surface area contributed by atoms with Crippen molar-refractivity contribution in [2.75, 3.05) is 25.5 Å². The molecular formula is C32H37N5O4S. The van der Waals surface area contributed by atoms with Crippen LogP contribution in [-0.4, -0.2) is 56.9 Å². The number of nitrogens with one attached hydrogen (secondary N) is 1. The lowest BCUT2D eigenvalue weighted by atomic mass is 9.92. The SMILES string of the molecule is COc1ccc(-c2nc(C3(O)CCN(C(=O)OC(C)(C)C)CC3)sc2-c2ccnc(NC(C)c3ccccc3)n2)cc1. The number of rotatable bonds is 7. The van der Waals surface area contributed by atoms with Crippen molar-refractivity contribution in [3.8, 4) is 27.6 Å². The van der Waals surface area contributed by atoms with Crippen LogP contribution < -0.4 is 10.1 Å². The van der Waals surface area contributed by atoms with E-state index in [2.05, 4.69) is 29.4 Å². The minimum absolute atomic E-state index is 0.00963. The Morgan fingerprint density at radius 1 is 1.05 bits per heavy atom. The van der Waals surface area contributed by atoms with Crippen molar-refractivity contribution in [1.82, 2.24) is 19.9 Å². The smallest absolute Gasteiger partial charge is 0.410 e. The lowest BCUT2D eigenvalue weighted by Gasteiger charge is -2.37. The Labute approximate surface area is 250 Å². The summed E-state index contributed by atoms with van der Waals surface area (Å²) in [7, 11) is 1.63. The van der Waals surface area contributed by atoms with Crippen LogP contribution in [0.3, 0.4) is 0 Å². The number of aliphatic hydroxyl groups is 1. The van der Waals surface area contributed by atoms with E-state index < -0.39 is 11.2 Å². The molecule has 1 amide bonds. The minimum Gasteiger partial charge on any atom is -0.497 e. The number of carbonyl (C=O) groups is 1. The van der Waals surface area contributed by atoms with Gasteiger partial charge in [-0.15, -0.1) is 11.3 Å². The number of hydrogen-bond donors (Lipinski definition) is 2.